The first-order valence-electron chi connectivity index (χ1n) is 9.11. The summed E-state index contributed by atoms with van der Waals surface area (Å²) >= 11 is 0. The van der Waals surface area contributed by atoms with Crippen molar-refractivity contribution in [3.8, 4) is 5.75 Å². The van der Waals surface area contributed by atoms with Crippen molar-refractivity contribution in [2.24, 2.45) is 0 Å². The van der Waals surface area contributed by atoms with Gasteiger partial charge in [0.1, 0.15) is 5.75 Å². The number of carboxylic acids is 1. The van der Waals surface area contributed by atoms with Crippen LogP contribution >= 0.6 is 0 Å². The topological polar surface area (TPSA) is 72.8 Å². The van der Waals surface area contributed by atoms with E-state index in [0.29, 0.717) is 17.7 Å². The van der Waals surface area contributed by atoms with Crippen LogP contribution in [0, 0.1) is 0 Å². The largest absolute Gasteiger partial charge is 0.496 e. The second-order valence-corrected chi connectivity index (χ2v) is 6.73. The van der Waals surface area contributed by atoms with E-state index in [2.05, 4.69) is 0 Å². The standard InChI is InChI=1S/C24H22O5/c1-15(23(25)26)11-16-7-8-17-5-4-6-18(21(17)12-16)13-19-9-10-20(24(27)29-3)14-22(19)28-2/h4-12,14H,13H2,1-3H3,(H,25,26). The lowest BCUT2D eigenvalue weighted by molar-refractivity contribution is -0.132. The van der Waals surface area contributed by atoms with Gasteiger partial charge in [0, 0.05) is 12.0 Å². The van der Waals surface area contributed by atoms with Gasteiger partial charge in [-0.3, -0.25) is 0 Å². The van der Waals surface area contributed by atoms with Gasteiger partial charge in [-0.05, 0) is 58.7 Å². The molecule has 0 bridgehead atoms. The van der Waals surface area contributed by atoms with Gasteiger partial charge in [0.15, 0.2) is 0 Å². The third-order valence-electron chi connectivity index (χ3n) is 4.81. The molecule has 3 rings (SSSR count). The second kappa shape index (κ2) is 8.61. The molecule has 0 aliphatic carbocycles. The van der Waals surface area contributed by atoms with Crippen molar-refractivity contribution in [1.82, 2.24) is 0 Å². The number of carboxylic acid groups (broad SMARTS) is 1. The van der Waals surface area contributed by atoms with Gasteiger partial charge in [0.25, 0.3) is 0 Å². The quantitative estimate of drug-likeness (QED) is 0.487. The predicted molar refractivity (Wildman–Crippen MR) is 112 cm³/mol. The number of esters is 1. The van der Waals surface area contributed by atoms with Crippen LogP contribution in [0.3, 0.4) is 0 Å². The first-order valence-corrected chi connectivity index (χ1v) is 9.11. The van der Waals surface area contributed by atoms with Gasteiger partial charge in [-0.2, -0.15) is 0 Å². The minimum Gasteiger partial charge on any atom is -0.496 e. The van der Waals surface area contributed by atoms with E-state index < -0.39 is 11.9 Å². The molecule has 0 spiro atoms. The first-order chi connectivity index (χ1) is 13.9. The average Bonchev–Trinajstić information content (AvgIpc) is 2.73. The van der Waals surface area contributed by atoms with E-state index in [1.165, 1.54) is 7.11 Å². The van der Waals surface area contributed by atoms with E-state index in [4.69, 9.17) is 14.6 Å². The molecular weight excluding hydrogens is 368 g/mol. The summed E-state index contributed by atoms with van der Waals surface area (Å²) in [5, 5.41) is 11.2. The van der Waals surface area contributed by atoms with E-state index in [1.54, 1.807) is 32.2 Å². The molecule has 3 aromatic carbocycles. The molecule has 0 aliphatic heterocycles. The van der Waals surface area contributed by atoms with Gasteiger partial charge in [-0.1, -0.05) is 36.4 Å². The maximum atomic E-state index is 11.8. The molecule has 0 heterocycles. The minimum atomic E-state index is -0.936. The van der Waals surface area contributed by atoms with Crippen molar-refractivity contribution in [3.05, 3.63) is 82.4 Å². The Bertz CT molecular complexity index is 1110. The van der Waals surface area contributed by atoms with Crippen molar-refractivity contribution in [2.45, 2.75) is 13.3 Å². The van der Waals surface area contributed by atoms with Gasteiger partial charge >= 0.3 is 11.9 Å². The van der Waals surface area contributed by atoms with Crippen LogP contribution in [0.1, 0.15) is 34.0 Å². The van der Waals surface area contributed by atoms with Crippen molar-refractivity contribution in [2.75, 3.05) is 14.2 Å². The molecule has 5 nitrogen and oxygen atoms in total. The van der Waals surface area contributed by atoms with Crippen LogP contribution in [-0.2, 0) is 16.0 Å². The third-order valence-corrected chi connectivity index (χ3v) is 4.81. The lowest BCUT2D eigenvalue weighted by Gasteiger charge is -2.12. The second-order valence-electron chi connectivity index (χ2n) is 6.73. The van der Waals surface area contributed by atoms with E-state index in [1.807, 2.05) is 42.5 Å². The summed E-state index contributed by atoms with van der Waals surface area (Å²) in [6.07, 6.45) is 2.26. The summed E-state index contributed by atoms with van der Waals surface area (Å²) in [4.78, 5) is 22.9. The number of rotatable bonds is 6. The Labute approximate surface area is 169 Å². The van der Waals surface area contributed by atoms with Crippen LogP contribution in [0.15, 0.2) is 60.2 Å². The first kappa shape index (κ1) is 20.1. The number of aliphatic carboxylic acids is 1. The van der Waals surface area contributed by atoms with Crippen LogP contribution in [0.4, 0.5) is 0 Å². The summed E-state index contributed by atoms with van der Waals surface area (Å²) in [6.45, 7) is 1.58. The summed E-state index contributed by atoms with van der Waals surface area (Å²) in [6, 6.07) is 17.2. The number of ether oxygens (including phenoxy) is 2. The molecule has 0 aliphatic rings. The van der Waals surface area contributed by atoms with Gasteiger partial charge in [-0.15, -0.1) is 0 Å². The average molecular weight is 390 g/mol. The molecule has 0 aromatic heterocycles. The van der Waals surface area contributed by atoms with Crippen LogP contribution in [0.2, 0.25) is 0 Å². The maximum Gasteiger partial charge on any atom is 0.337 e. The molecule has 0 saturated carbocycles. The number of hydrogen-bond acceptors (Lipinski definition) is 4. The molecule has 0 unspecified atom stereocenters. The van der Waals surface area contributed by atoms with E-state index in [-0.39, 0.29) is 5.57 Å². The fourth-order valence-corrected chi connectivity index (χ4v) is 3.25. The highest BCUT2D eigenvalue weighted by Crippen LogP contribution is 2.28. The minimum absolute atomic E-state index is 0.280. The van der Waals surface area contributed by atoms with E-state index >= 15 is 0 Å². The Morgan fingerprint density at radius 1 is 1.00 bits per heavy atom. The molecule has 0 radical (unpaired) electrons. The molecule has 148 valence electrons. The number of hydrogen-bond donors (Lipinski definition) is 1. The van der Waals surface area contributed by atoms with Gasteiger partial charge < -0.3 is 14.6 Å². The Morgan fingerprint density at radius 2 is 1.79 bits per heavy atom. The maximum absolute atomic E-state index is 11.8. The third kappa shape index (κ3) is 4.46. The van der Waals surface area contributed by atoms with Crippen molar-refractivity contribution < 1.29 is 24.2 Å². The molecule has 0 fully saturated rings. The Balaban J connectivity index is 2.03. The molecule has 0 amide bonds. The molecule has 5 heteroatoms. The number of fused-ring (bicyclic) bond motifs is 1. The number of carbonyl (C=O) groups excluding carboxylic acids is 1. The summed E-state index contributed by atoms with van der Waals surface area (Å²) in [5.74, 6) is -0.735. The fraction of sp³-hybridized carbons (Fsp3) is 0.167. The molecule has 0 saturated heterocycles. The fourth-order valence-electron chi connectivity index (χ4n) is 3.25. The summed E-state index contributed by atoms with van der Waals surface area (Å²) in [5.41, 5.74) is 3.56. The highest BCUT2D eigenvalue weighted by Gasteiger charge is 2.12. The van der Waals surface area contributed by atoms with E-state index in [9.17, 15) is 9.59 Å². The van der Waals surface area contributed by atoms with Gasteiger partial charge in [0.05, 0.1) is 19.8 Å². The zero-order valence-electron chi connectivity index (χ0n) is 16.6. The van der Waals surface area contributed by atoms with Crippen molar-refractivity contribution in [3.63, 3.8) is 0 Å². The number of benzene rings is 3. The smallest absolute Gasteiger partial charge is 0.337 e. The van der Waals surface area contributed by atoms with Crippen LogP contribution in [0.25, 0.3) is 16.8 Å². The summed E-state index contributed by atoms with van der Waals surface area (Å²) in [7, 11) is 2.91. The Kier molecular flexibility index (Phi) is 5.98. The SMILES string of the molecule is COC(=O)c1ccc(Cc2cccc3ccc(C=C(C)C(=O)O)cc23)c(OC)c1. The lowest BCUT2D eigenvalue weighted by atomic mass is 9.95. The molecular formula is C24H22O5. The van der Waals surface area contributed by atoms with Gasteiger partial charge in [0.2, 0.25) is 0 Å². The number of methoxy groups -OCH3 is 2. The normalized spacial score (nSPS) is 11.3. The van der Waals surface area contributed by atoms with E-state index in [0.717, 1.165) is 27.5 Å². The Morgan fingerprint density at radius 3 is 2.48 bits per heavy atom. The predicted octanol–water partition coefficient (Wildman–Crippen LogP) is 4.71. The Hall–Kier alpha value is -3.60. The van der Waals surface area contributed by atoms with Gasteiger partial charge in [-0.25, -0.2) is 9.59 Å². The monoisotopic (exact) mass is 390 g/mol. The molecule has 3 aromatic rings. The van der Waals surface area contributed by atoms with Crippen LogP contribution < -0.4 is 4.74 Å². The molecule has 29 heavy (non-hydrogen) atoms. The van der Waals surface area contributed by atoms with Crippen LogP contribution in [0.5, 0.6) is 5.75 Å². The molecule has 1 N–H and O–H groups in total. The zero-order chi connectivity index (χ0) is 21.0. The highest BCUT2D eigenvalue weighted by atomic mass is 16.5. The zero-order valence-corrected chi connectivity index (χ0v) is 16.6. The van der Waals surface area contributed by atoms with Crippen molar-refractivity contribution in [1.29, 1.82) is 0 Å². The highest BCUT2D eigenvalue weighted by molar-refractivity contribution is 5.94. The van der Waals surface area contributed by atoms with Crippen molar-refractivity contribution >= 4 is 28.8 Å². The number of carbonyl (C=O) groups is 2. The summed E-state index contributed by atoms with van der Waals surface area (Å²) < 4.78 is 10.3. The lowest BCUT2D eigenvalue weighted by Crippen LogP contribution is -2.03. The molecule has 0 atom stereocenters. The van der Waals surface area contributed by atoms with Crippen LogP contribution in [-0.4, -0.2) is 31.3 Å².